The quantitative estimate of drug-likeness (QED) is 0.175. The molecule has 1 saturated carbocycles. The Morgan fingerprint density at radius 3 is 1.85 bits per heavy atom. The van der Waals surface area contributed by atoms with Gasteiger partial charge in [-0.25, -0.2) is 4.98 Å². The van der Waals surface area contributed by atoms with Gasteiger partial charge in [0.15, 0.2) is 0 Å². The normalized spacial score (nSPS) is 18.9. The van der Waals surface area contributed by atoms with Crippen molar-refractivity contribution in [2.45, 2.75) is 89.8 Å². The maximum Gasteiger partial charge on any atom is 0.149 e. The van der Waals surface area contributed by atoms with Crippen molar-refractivity contribution in [3.63, 3.8) is 0 Å². The summed E-state index contributed by atoms with van der Waals surface area (Å²) in [4.78, 5) is 10.4. The molecule has 0 unspecified atom stereocenters. The van der Waals surface area contributed by atoms with Crippen LogP contribution >= 0.6 is 0 Å². The molecule has 6 aromatic carbocycles. The minimum atomic E-state index is -0.782. The number of pyridine rings is 1. The van der Waals surface area contributed by atoms with E-state index in [1.807, 2.05) is 36.5 Å². The van der Waals surface area contributed by atoms with Crippen molar-refractivity contribution < 1.29 is 7.85 Å². The largest absolute Gasteiger partial charge is 0.507 e. The molecule has 4 nitrogen and oxygen atoms in total. The molecule has 0 aliphatic heterocycles. The van der Waals surface area contributed by atoms with Crippen molar-refractivity contribution in [1.29, 1.82) is 0 Å². The average molecular weight is 788 g/mol. The molecule has 0 amide bonds. The molecule has 2 heterocycles. The molecule has 0 radical (unpaired) electrons. The van der Waals surface area contributed by atoms with Gasteiger partial charge >= 0.3 is 0 Å². The highest BCUT2D eigenvalue weighted by molar-refractivity contribution is 5.97. The zero-order valence-corrected chi connectivity index (χ0v) is 35.6. The van der Waals surface area contributed by atoms with Crippen molar-refractivity contribution in [3.8, 4) is 56.3 Å². The molecule has 9 rings (SSSR count). The lowest BCUT2D eigenvalue weighted by Crippen LogP contribution is -2.12. The number of hydrogen-bond acceptors (Lipinski definition) is 3. The summed E-state index contributed by atoms with van der Waals surface area (Å²) in [5, 5.41) is 11.6. The number of fused-ring (bicyclic) bond motifs is 1. The first-order valence-corrected chi connectivity index (χ1v) is 21.3. The Hall–Kier alpha value is -6.26. The van der Waals surface area contributed by atoms with Crippen LogP contribution in [0.4, 0.5) is 0 Å². The summed E-state index contributed by atoms with van der Waals surface area (Å²) in [5.74, 6) is -0.643. The Morgan fingerprint density at radius 2 is 1.18 bits per heavy atom. The van der Waals surface area contributed by atoms with Crippen molar-refractivity contribution in [1.82, 2.24) is 14.5 Å². The molecule has 2 aromatic heterocycles. The predicted molar refractivity (Wildman–Crippen MR) is 250 cm³/mol. The van der Waals surface area contributed by atoms with Gasteiger partial charge in [0, 0.05) is 25.8 Å². The molecular formula is C56H55N3O. The first kappa shape index (κ1) is 36.8. The molecule has 4 heteroatoms. The van der Waals surface area contributed by atoms with Crippen LogP contribution in [-0.2, 0) is 10.8 Å². The molecule has 0 saturated heterocycles. The van der Waals surface area contributed by atoms with Crippen LogP contribution in [0.5, 0.6) is 5.75 Å². The summed E-state index contributed by atoms with van der Waals surface area (Å²) in [6, 6.07) is 52.1. The number of rotatable bonds is 7. The second-order valence-electron chi connectivity index (χ2n) is 18.4. The van der Waals surface area contributed by atoms with Crippen LogP contribution in [0.25, 0.3) is 61.6 Å². The fraction of sp³-hybridized carbons (Fsp3) is 0.250. The summed E-state index contributed by atoms with van der Waals surface area (Å²) in [7, 11) is 0. The van der Waals surface area contributed by atoms with E-state index in [1.54, 1.807) is 6.07 Å². The smallest absolute Gasteiger partial charge is 0.149 e. The van der Waals surface area contributed by atoms with Gasteiger partial charge in [0.25, 0.3) is 0 Å². The van der Waals surface area contributed by atoms with Crippen LogP contribution < -0.4 is 0 Å². The summed E-state index contributed by atoms with van der Waals surface area (Å²) >= 11 is 0. The first-order chi connectivity index (χ1) is 29.6. The monoisotopic (exact) mass is 787 g/mol. The van der Waals surface area contributed by atoms with Gasteiger partial charge in [0.1, 0.15) is 11.6 Å². The van der Waals surface area contributed by atoms with Gasteiger partial charge < -0.3 is 5.11 Å². The number of nitrogens with zero attached hydrogens (tertiary/aromatic N) is 3. The molecule has 60 heavy (non-hydrogen) atoms. The van der Waals surface area contributed by atoms with E-state index in [9.17, 15) is 7.85 Å². The molecule has 0 bridgehead atoms. The topological polar surface area (TPSA) is 50.9 Å². The van der Waals surface area contributed by atoms with Gasteiger partial charge in [-0.05, 0) is 142 Å². The lowest BCUT2D eigenvalue weighted by Gasteiger charge is -2.29. The Balaban J connectivity index is 1.18. The van der Waals surface area contributed by atoms with Crippen LogP contribution in [0.3, 0.4) is 0 Å². The third-order valence-electron chi connectivity index (χ3n) is 12.2. The van der Waals surface area contributed by atoms with E-state index >= 15 is 0 Å². The third kappa shape index (κ3) is 7.79. The number of aromatic nitrogens is 3. The second kappa shape index (κ2) is 15.7. The summed E-state index contributed by atoms with van der Waals surface area (Å²) in [6.45, 7) is 13.3. The lowest BCUT2D eigenvalue weighted by atomic mass is 9.76. The number of para-hydroxylation sites is 1. The van der Waals surface area contributed by atoms with Gasteiger partial charge in [-0.15, -0.1) is 0 Å². The van der Waals surface area contributed by atoms with E-state index in [4.69, 9.17) is 9.97 Å². The van der Waals surface area contributed by atoms with E-state index in [0.29, 0.717) is 37.1 Å². The van der Waals surface area contributed by atoms with Crippen LogP contribution in [0.15, 0.2) is 158 Å². The number of aromatic hydroxyl groups is 1. The lowest BCUT2D eigenvalue weighted by molar-refractivity contribution is 0.396. The Labute approximate surface area is 358 Å². The first-order valence-electron chi connectivity index (χ1n) is 22.3. The van der Waals surface area contributed by atoms with Crippen molar-refractivity contribution in [3.05, 3.63) is 180 Å². The average Bonchev–Trinajstić information content (AvgIpc) is 3.67. The molecule has 300 valence electrons. The van der Waals surface area contributed by atoms with Crippen LogP contribution in [0.1, 0.15) is 104 Å². The summed E-state index contributed by atoms with van der Waals surface area (Å²) < 4.78 is 21.1. The van der Waals surface area contributed by atoms with Gasteiger partial charge in [-0.3, -0.25) is 9.55 Å². The van der Waals surface area contributed by atoms with Gasteiger partial charge in [0.05, 0.1) is 22.3 Å². The molecule has 1 aliphatic carbocycles. The number of imidazole rings is 1. The Morgan fingerprint density at radius 1 is 0.550 bits per heavy atom. The summed E-state index contributed by atoms with van der Waals surface area (Å²) in [5.41, 5.74) is 13.5. The van der Waals surface area contributed by atoms with E-state index in [-0.39, 0.29) is 16.6 Å². The summed E-state index contributed by atoms with van der Waals surface area (Å²) in [6.07, 6.45) is 4.39. The van der Waals surface area contributed by atoms with Crippen LogP contribution in [0, 0.1) is 0 Å². The predicted octanol–water partition coefficient (Wildman–Crippen LogP) is 14.8. The molecule has 1 aliphatic rings. The van der Waals surface area contributed by atoms with E-state index < -0.39 is 11.8 Å². The standard InChI is InChI=1S/C56H55N3O/c1-55(2,3)45-26-29-52(60)49(36-45)54-58-53-48(43-32-44(34-46(33-43)56(4,5)6)50-35-42(30-31-57-50)38-16-11-8-12-17-38)18-13-19-51(53)59(54)47-27-24-41(25-28-47)40-22-20-39(21-23-40)37-14-9-7-10-15-37/h7-19,24-36,39-40,60H,20-23H2,1-6H3/i39D,40D. The van der Waals surface area contributed by atoms with E-state index in [1.165, 1.54) is 5.56 Å². The Kier molecular flexibility index (Phi) is 9.65. The highest BCUT2D eigenvalue weighted by Gasteiger charge is 2.26. The number of benzene rings is 6. The highest BCUT2D eigenvalue weighted by Crippen LogP contribution is 2.43. The molecule has 0 spiro atoms. The zero-order valence-electron chi connectivity index (χ0n) is 37.6. The minimum Gasteiger partial charge on any atom is -0.507 e. The van der Waals surface area contributed by atoms with E-state index in [2.05, 4.69) is 161 Å². The highest BCUT2D eigenvalue weighted by atomic mass is 16.3. The SMILES string of the molecule is [2H]C1(c2ccccc2)CCC([2H])(c2ccc(-n3c(-c4cc(C(C)(C)C)ccc4O)nc4c(-c5cc(-c6cc(-c7ccccc7)ccn6)cc(C(C)(C)C)c5)cccc43)cc2)CC1. The van der Waals surface area contributed by atoms with E-state index in [0.717, 1.165) is 66.9 Å². The molecule has 1 fully saturated rings. The molecular weight excluding hydrogens is 731 g/mol. The van der Waals surface area contributed by atoms with Gasteiger partial charge in [-0.2, -0.15) is 0 Å². The minimum absolute atomic E-state index is 0.140. The van der Waals surface area contributed by atoms with Crippen LogP contribution in [-0.4, -0.2) is 19.6 Å². The van der Waals surface area contributed by atoms with Gasteiger partial charge in [-0.1, -0.05) is 139 Å². The number of phenolic OH excluding ortho intramolecular Hbond substituents is 1. The second-order valence-corrected chi connectivity index (χ2v) is 18.4. The molecule has 8 aromatic rings. The maximum absolute atomic E-state index is 11.6. The molecule has 1 N–H and O–H groups in total. The fourth-order valence-corrected chi connectivity index (χ4v) is 8.67. The number of hydrogen-bond donors (Lipinski definition) is 1. The van der Waals surface area contributed by atoms with Crippen LogP contribution in [0.2, 0.25) is 0 Å². The zero-order chi connectivity index (χ0) is 43.4. The number of phenols is 1. The van der Waals surface area contributed by atoms with Gasteiger partial charge in [0.2, 0.25) is 0 Å². The van der Waals surface area contributed by atoms with Crippen molar-refractivity contribution in [2.75, 3.05) is 0 Å². The van der Waals surface area contributed by atoms with Crippen molar-refractivity contribution >= 4 is 11.0 Å². The third-order valence-corrected chi connectivity index (χ3v) is 12.2. The maximum atomic E-state index is 11.6. The van der Waals surface area contributed by atoms with Crippen molar-refractivity contribution in [2.24, 2.45) is 0 Å². The Bertz CT molecular complexity index is 2900. The fourth-order valence-electron chi connectivity index (χ4n) is 8.67. The molecule has 0 atom stereocenters.